The van der Waals surface area contributed by atoms with Gasteiger partial charge in [0, 0.05) is 6.04 Å². The maximum absolute atomic E-state index is 3.66. The van der Waals surface area contributed by atoms with Gasteiger partial charge in [-0.1, -0.05) is 19.8 Å². The molecule has 1 aliphatic rings. The molecule has 0 bridgehead atoms. The zero-order chi connectivity index (χ0) is 10.7. The fourth-order valence-electron chi connectivity index (χ4n) is 1.85. The molecular formula is C12H18BrNS. The van der Waals surface area contributed by atoms with Crippen molar-refractivity contribution < 1.29 is 0 Å². The van der Waals surface area contributed by atoms with Crippen molar-refractivity contribution >= 4 is 27.3 Å². The van der Waals surface area contributed by atoms with Crippen molar-refractivity contribution in [3.8, 4) is 0 Å². The van der Waals surface area contributed by atoms with E-state index in [0.717, 1.165) is 12.5 Å². The minimum atomic E-state index is 0.583. The highest BCUT2D eigenvalue weighted by molar-refractivity contribution is 9.11. The molecule has 2 rings (SSSR count). The molecule has 1 atom stereocenters. The van der Waals surface area contributed by atoms with Crippen molar-refractivity contribution in [2.45, 2.75) is 38.6 Å². The third kappa shape index (κ3) is 3.58. The van der Waals surface area contributed by atoms with Crippen LogP contribution >= 0.6 is 27.3 Å². The van der Waals surface area contributed by atoms with Crippen molar-refractivity contribution in [3.05, 3.63) is 20.8 Å². The largest absolute Gasteiger partial charge is 0.310 e. The molecule has 0 aromatic carbocycles. The molecule has 0 amide bonds. The fraction of sp³-hybridized carbons (Fsp3) is 0.667. The smallest absolute Gasteiger partial charge is 0.0701 e. The van der Waals surface area contributed by atoms with E-state index >= 15 is 0 Å². The molecule has 1 N–H and O–H groups in total. The van der Waals surface area contributed by atoms with E-state index in [4.69, 9.17) is 0 Å². The maximum atomic E-state index is 3.66. The lowest BCUT2D eigenvalue weighted by molar-refractivity contribution is 0.475. The second-order valence-electron chi connectivity index (χ2n) is 4.37. The average Bonchev–Trinajstić information content (AvgIpc) is 2.94. The van der Waals surface area contributed by atoms with Crippen LogP contribution in [0.2, 0.25) is 0 Å². The van der Waals surface area contributed by atoms with E-state index < -0.39 is 0 Å². The first-order valence-electron chi connectivity index (χ1n) is 5.77. The van der Waals surface area contributed by atoms with Crippen LogP contribution < -0.4 is 5.32 Å². The summed E-state index contributed by atoms with van der Waals surface area (Å²) in [4.78, 5) is 0. The van der Waals surface area contributed by atoms with E-state index in [1.165, 1.54) is 35.0 Å². The van der Waals surface area contributed by atoms with Gasteiger partial charge in [0.15, 0.2) is 0 Å². The van der Waals surface area contributed by atoms with E-state index in [-0.39, 0.29) is 0 Å². The molecule has 0 spiro atoms. The number of thiophene rings is 1. The lowest BCUT2D eigenvalue weighted by atomic mass is 10.0. The van der Waals surface area contributed by atoms with Crippen LogP contribution in [-0.2, 0) is 0 Å². The Hall–Kier alpha value is 0.140. The van der Waals surface area contributed by atoms with Gasteiger partial charge in [0.2, 0.25) is 0 Å². The van der Waals surface area contributed by atoms with Crippen LogP contribution in [0.15, 0.2) is 15.2 Å². The van der Waals surface area contributed by atoms with Gasteiger partial charge in [-0.25, -0.2) is 0 Å². The third-order valence-corrected chi connectivity index (χ3v) is 4.42. The van der Waals surface area contributed by atoms with Crippen LogP contribution in [0.4, 0.5) is 0 Å². The molecule has 0 radical (unpaired) electrons. The Kier molecular flexibility index (Phi) is 4.23. The predicted molar refractivity (Wildman–Crippen MR) is 70.4 cm³/mol. The highest BCUT2D eigenvalue weighted by Crippen LogP contribution is 2.38. The second kappa shape index (κ2) is 5.46. The summed E-state index contributed by atoms with van der Waals surface area (Å²) in [5.41, 5.74) is 1.47. The summed E-state index contributed by atoms with van der Waals surface area (Å²) in [7, 11) is 0. The van der Waals surface area contributed by atoms with E-state index in [0.29, 0.717) is 6.04 Å². The van der Waals surface area contributed by atoms with E-state index in [1.54, 1.807) is 11.3 Å². The predicted octanol–water partition coefficient (Wildman–Crippen LogP) is 4.35. The van der Waals surface area contributed by atoms with Gasteiger partial charge >= 0.3 is 0 Å². The van der Waals surface area contributed by atoms with Crippen molar-refractivity contribution in [1.82, 2.24) is 5.32 Å². The van der Waals surface area contributed by atoms with E-state index in [2.05, 4.69) is 39.6 Å². The van der Waals surface area contributed by atoms with Gasteiger partial charge < -0.3 is 5.32 Å². The molecule has 0 saturated heterocycles. The summed E-state index contributed by atoms with van der Waals surface area (Å²) in [6.45, 7) is 3.36. The number of hydrogen-bond acceptors (Lipinski definition) is 2. The Bertz CT molecular complexity index is 306. The minimum Gasteiger partial charge on any atom is -0.310 e. The first-order chi connectivity index (χ1) is 7.29. The highest BCUT2D eigenvalue weighted by atomic mass is 79.9. The normalized spacial score (nSPS) is 18.0. The Morgan fingerprint density at radius 1 is 1.60 bits per heavy atom. The Morgan fingerprint density at radius 2 is 2.40 bits per heavy atom. The number of rotatable bonds is 6. The zero-order valence-electron chi connectivity index (χ0n) is 9.13. The van der Waals surface area contributed by atoms with Crippen molar-refractivity contribution in [2.24, 2.45) is 5.92 Å². The molecular weight excluding hydrogens is 270 g/mol. The van der Waals surface area contributed by atoms with Crippen molar-refractivity contribution in [2.75, 3.05) is 6.54 Å². The molecule has 15 heavy (non-hydrogen) atoms. The van der Waals surface area contributed by atoms with Gasteiger partial charge in [0.1, 0.15) is 0 Å². The van der Waals surface area contributed by atoms with Crippen molar-refractivity contribution in [1.29, 1.82) is 0 Å². The highest BCUT2D eigenvalue weighted by Gasteiger charge is 2.26. The van der Waals surface area contributed by atoms with Gasteiger partial charge in [-0.15, -0.1) is 11.3 Å². The zero-order valence-corrected chi connectivity index (χ0v) is 11.5. The first-order valence-corrected chi connectivity index (χ1v) is 7.44. The van der Waals surface area contributed by atoms with E-state index in [9.17, 15) is 0 Å². The molecule has 1 saturated carbocycles. The first kappa shape index (κ1) is 11.6. The molecule has 84 valence electrons. The summed E-state index contributed by atoms with van der Waals surface area (Å²) < 4.78 is 1.25. The molecule has 1 heterocycles. The summed E-state index contributed by atoms with van der Waals surface area (Å²) in [5, 5.41) is 5.93. The van der Waals surface area contributed by atoms with Gasteiger partial charge in [-0.05, 0) is 58.2 Å². The quantitative estimate of drug-likeness (QED) is 0.820. The average molecular weight is 288 g/mol. The Balaban J connectivity index is 1.96. The Morgan fingerprint density at radius 3 is 2.93 bits per heavy atom. The van der Waals surface area contributed by atoms with Gasteiger partial charge in [0.25, 0.3) is 0 Å². The summed E-state index contributed by atoms with van der Waals surface area (Å²) in [6, 6.07) is 2.85. The monoisotopic (exact) mass is 287 g/mol. The molecule has 1 fully saturated rings. The molecule has 1 nitrogen and oxygen atoms in total. The standard InChI is InChI=1S/C12H18BrNS/c1-2-5-14-11(6-9-3-4-9)10-7-12(13)15-8-10/h7-9,11,14H,2-6H2,1H3. The lowest BCUT2D eigenvalue weighted by Gasteiger charge is -2.17. The Labute approximate surface area is 104 Å². The van der Waals surface area contributed by atoms with Gasteiger partial charge in [-0.3, -0.25) is 0 Å². The molecule has 1 aromatic heterocycles. The number of hydrogen-bond donors (Lipinski definition) is 1. The van der Waals surface area contributed by atoms with Gasteiger partial charge in [0.05, 0.1) is 3.79 Å². The molecule has 0 aliphatic heterocycles. The van der Waals surface area contributed by atoms with Crippen LogP contribution in [0.1, 0.15) is 44.2 Å². The number of nitrogens with one attached hydrogen (secondary N) is 1. The van der Waals surface area contributed by atoms with Crippen LogP contribution in [0.3, 0.4) is 0 Å². The third-order valence-electron chi connectivity index (χ3n) is 2.90. The summed E-state index contributed by atoms with van der Waals surface area (Å²) in [6.07, 6.45) is 5.42. The lowest BCUT2D eigenvalue weighted by Crippen LogP contribution is -2.22. The fourth-order valence-corrected chi connectivity index (χ4v) is 3.08. The summed E-state index contributed by atoms with van der Waals surface area (Å²) in [5.74, 6) is 0.984. The SMILES string of the molecule is CCCNC(CC1CC1)c1csc(Br)c1. The van der Waals surface area contributed by atoms with Crippen LogP contribution in [0, 0.1) is 5.92 Å². The molecule has 1 aliphatic carbocycles. The maximum Gasteiger partial charge on any atom is 0.0701 e. The topological polar surface area (TPSA) is 12.0 Å². The molecule has 3 heteroatoms. The van der Waals surface area contributed by atoms with Gasteiger partial charge in [-0.2, -0.15) is 0 Å². The van der Waals surface area contributed by atoms with Crippen molar-refractivity contribution in [3.63, 3.8) is 0 Å². The minimum absolute atomic E-state index is 0.583. The molecule has 1 aromatic rings. The van der Waals surface area contributed by atoms with E-state index in [1.807, 2.05) is 0 Å². The number of halogens is 1. The molecule has 1 unspecified atom stereocenters. The summed E-state index contributed by atoms with van der Waals surface area (Å²) >= 11 is 5.33. The second-order valence-corrected chi connectivity index (χ2v) is 6.66. The van der Waals surface area contributed by atoms with Crippen LogP contribution in [-0.4, -0.2) is 6.54 Å². The van der Waals surface area contributed by atoms with Crippen LogP contribution in [0.25, 0.3) is 0 Å². The van der Waals surface area contributed by atoms with Crippen LogP contribution in [0.5, 0.6) is 0 Å².